The van der Waals surface area contributed by atoms with Gasteiger partial charge in [0, 0.05) is 11.6 Å². The molecular formula is C18H24N2O5S. The summed E-state index contributed by atoms with van der Waals surface area (Å²) >= 11 is 0. The molecule has 2 aromatic rings. The van der Waals surface area contributed by atoms with Gasteiger partial charge < -0.3 is 14.5 Å². The summed E-state index contributed by atoms with van der Waals surface area (Å²) in [5.74, 6) is -0.0506. The molecule has 1 amide bonds. The van der Waals surface area contributed by atoms with E-state index in [1.54, 1.807) is 38.3 Å². The van der Waals surface area contributed by atoms with E-state index in [0.717, 1.165) is 6.42 Å². The Bertz CT molecular complexity index is 873. The highest BCUT2D eigenvalue weighted by Gasteiger charge is 2.22. The molecule has 0 unspecified atom stereocenters. The number of nitrogens with one attached hydrogen (secondary N) is 1. The topological polar surface area (TPSA) is 98.5 Å². The number of amides is 1. The maximum Gasteiger partial charge on any atom is 0.235 e. The Morgan fingerprint density at radius 1 is 1.38 bits per heavy atom. The van der Waals surface area contributed by atoms with Gasteiger partial charge in [-0.2, -0.15) is 0 Å². The Kier molecular flexibility index (Phi) is 6.42. The Hall–Kier alpha value is -2.35. The van der Waals surface area contributed by atoms with Crippen molar-refractivity contribution < 1.29 is 22.4 Å². The SMILES string of the molecule is CC[C@@H](C)NC(=O)CS(=O)(=O)Cc1nc(-c2cccc(OC)c2)oc1C. The average molecular weight is 380 g/mol. The first kappa shape index (κ1) is 20.0. The molecule has 0 aliphatic carbocycles. The first-order valence-corrected chi connectivity index (χ1v) is 10.2. The number of benzene rings is 1. The van der Waals surface area contributed by atoms with E-state index >= 15 is 0 Å². The lowest BCUT2D eigenvalue weighted by Gasteiger charge is -2.11. The fourth-order valence-electron chi connectivity index (χ4n) is 2.32. The maximum absolute atomic E-state index is 12.3. The molecule has 1 aromatic heterocycles. The predicted octanol–water partition coefficient (Wildman–Crippen LogP) is 2.49. The number of ether oxygens (including phenoxy) is 1. The van der Waals surface area contributed by atoms with Crippen molar-refractivity contribution in [1.29, 1.82) is 0 Å². The molecule has 0 spiro atoms. The number of rotatable bonds is 8. The van der Waals surface area contributed by atoms with Gasteiger partial charge in [-0.1, -0.05) is 13.0 Å². The third-order valence-corrected chi connectivity index (χ3v) is 5.35. The van der Waals surface area contributed by atoms with Crippen molar-refractivity contribution in [3.05, 3.63) is 35.7 Å². The standard InChI is InChI=1S/C18H24N2O5S/c1-5-12(2)19-17(21)11-26(22,23)10-16-13(3)25-18(20-16)14-7-6-8-15(9-14)24-4/h6-9,12H,5,10-11H2,1-4H3,(H,19,21)/t12-/m1/s1. The lowest BCUT2D eigenvalue weighted by atomic mass is 10.2. The highest BCUT2D eigenvalue weighted by molar-refractivity contribution is 7.91. The number of aromatic nitrogens is 1. The van der Waals surface area contributed by atoms with Crippen LogP contribution in [0.1, 0.15) is 31.7 Å². The van der Waals surface area contributed by atoms with Gasteiger partial charge in [-0.25, -0.2) is 13.4 Å². The number of carbonyl (C=O) groups excluding carboxylic acids is 1. The van der Waals surface area contributed by atoms with Gasteiger partial charge in [-0.15, -0.1) is 0 Å². The van der Waals surface area contributed by atoms with E-state index in [4.69, 9.17) is 9.15 Å². The molecule has 7 nitrogen and oxygen atoms in total. The van der Waals surface area contributed by atoms with Crippen LogP contribution in [0.4, 0.5) is 0 Å². The van der Waals surface area contributed by atoms with E-state index in [1.807, 2.05) is 13.8 Å². The fraction of sp³-hybridized carbons (Fsp3) is 0.444. The second-order valence-electron chi connectivity index (χ2n) is 6.16. The third kappa shape index (κ3) is 5.32. The molecule has 0 saturated heterocycles. The van der Waals surface area contributed by atoms with Crippen LogP contribution in [-0.4, -0.2) is 38.2 Å². The smallest absolute Gasteiger partial charge is 0.235 e. The van der Waals surface area contributed by atoms with Crippen molar-refractivity contribution in [2.45, 2.75) is 39.0 Å². The number of oxazole rings is 1. The van der Waals surface area contributed by atoms with Crippen molar-refractivity contribution in [3.8, 4) is 17.2 Å². The average Bonchev–Trinajstić information content (AvgIpc) is 2.94. The number of carbonyl (C=O) groups is 1. The summed E-state index contributed by atoms with van der Waals surface area (Å²) in [5.41, 5.74) is 0.991. The molecule has 0 saturated carbocycles. The zero-order valence-corrected chi connectivity index (χ0v) is 16.2. The maximum atomic E-state index is 12.3. The monoisotopic (exact) mass is 380 g/mol. The van der Waals surface area contributed by atoms with Gasteiger partial charge in [0.25, 0.3) is 0 Å². The number of nitrogens with zero attached hydrogens (tertiary/aromatic N) is 1. The molecule has 8 heteroatoms. The van der Waals surface area contributed by atoms with E-state index in [0.29, 0.717) is 28.7 Å². The minimum Gasteiger partial charge on any atom is -0.497 e. The van der Waals surface area contributed by atoms with Crippen LogP contribution >= 0.6 is 0 Å². The van der Waals surface area contributed by atoms with E-state index in [2.05, 4.69) is 10.3 Å². The molecule has 1 N–H and O–H groups in total. The van der Waals surface area contributed by atoms with Crippen LogP contribution in [-0.2, 0) is 20.4 Å². The van der Waals surface area contributed by atoms with Gasteiger partial charge in [0.2, 0.25) is 11.8 Å². The van der Waals surface area contributed by atoms with Crippen LogP contribution in [0.2, 0.25) is 0 Å². The lowest BCUT2D eigenvalue weighted by Crippen LogP contribution is -2.36. The summed E-state index contributed by atoms with van der Waals surface area (Å²) in [6.45, 7) is 5.39. The Labute approximate surface area is 153 Å². The molecule has 1 heterocycles. The van der Waals surface area contributed by atoms with Crippen LogP contribution in [0.15, 0.2) is 28.7 Å². The summed E-state index contributed by atoms with van der Waals surface area (Å²) in [4.78, 5) is 16.1. The molecule has 1 atom stereocenters. The minimum absolute atomic E-state index is 0.0637. The van der Waals surface area contributed by atoms with Crippen molar-refractivity contribution in [3.63, 3.8) is 0 Å². The van der Waals surface area contributed by atoms with Crippen LogP contribution in [0.5, 0.6) is 5.75 Å². The van der Waals surface area contributed by atoms with Gasteiger partial charge in [0.15, 0.2) is 9.84 Å². The molecule has 142 valence electrons. The van der Waals surface area contributed by atoms with E-state index in [9.17, 15) is 13.2 Å². The molecule has 0 radical (unpaired) electrons. The summed E-state index contributed by atoms with van der Waals surface area (Å²) in [6, 6.07) is 7.07. The van der Waals surface area contributed by atoms with Gasteiger partial charge in [-0.05, 0) is 38.5 Å². The highest BCUT2D eigenvalue weighted by atomic mass is 32.2. The van der Waals surface area contributed by atoms with Crippen LogP contribution < -0.4 is 10.1 Å². The third-order valence-electron chi connectivity index (χ3n) is 3.94. The molecular weight excluding hydrogens is 356 g/mol. The fourth-order valence-corrected chi connectivity index (χ4v) is 3.59. The van der Waals surface area contributed by atoms with Gasteiger partial charge >= 0.3 is 0 Å². The summed E-state index contributed by atoms with van der Waals surface area (Å²) in [6.07, 6.45) is 0.734. The molecule has 2 rings (SSSR count). The van der Waals surface area contributed by atoms with Gasteiger partial charge in [0.1, 0.15) is 17.3 Å². The number of hydrogen-bond acceptors (Lipinski definition) is 6. The Balaban J connectivity index is 2.14. The van der Waals surface area contributed by atoms with E-state index in [-0.39, 0.29) is 11.8 Å². The van der Waals surface area contributed by atoms with Gasteiger partial charge in [-0.3, -0.25) is 4.79 Å². The number of sulfone groups is 1. The number of hydrogen-bond donors (Lipinski definition) is 1. The first-order chi connectivity index (χ1) is 12.2. The quantitative estimate of drug-likeness (QED) is 0.755. The van der Waals surface area contributed by atoms with Crippen LogP contribution in [0, 0.1) is 6.92 Å². The largest absolute Gasteiger partial charge is 0.497 e. The van der Waals surface area contributed by atoms with Crippen molar-refractivity contribution in [1.82, 2.24) is 10.3 Å². The number of methoxy groups -OCH3 is 1. The zero-order chi connectivity index (χ0) is 19.3. The normalized spacial score (nSPS) is 12.6. The van der Waals surface area contributed by atoms with E-state index < -0.39 is 21.5 Å². The second-order valence-corrected chi connectivity index (χ2v) is 8.23. The van der Waals surface area contributed by atoms with Crippen molar-refractivity contribution >= 4 is 15.7 Å². The molecule has 0 aliphatic rings. The van der Waals surface area contributed by atoms with Crippen molar-refractivity contribution in [2.24, 2.45) is 0 Å². The Morgan fingerprint density at radius 3 is 2.77 bits per heavy atom. The van der Waals surface area contributed by atoms with Crippen molar-refractivity contribution in [2.75, 3.05) is 12.9 Å². The summed E-state index contributed by atoms with van der Waals surface area (Å²) in [5, 5.41) is 2.65. The van der Waals surface area contributed by atoms with Gasteiger partial charge in [0.05, 0.1) is 18.6 Å². The van der Waals surface area contributed by atoms with E-state index in [1.165, 1.54) is 0 Å². The summed E-state index contributed by atoms with van der Waals surface area (Å²) in [7, 11) is -2.09. The molecule has 0 bridgehead atoms. The Morgan fingerprint density at radius 2 is 2.12 bits per heavy atom. The minimum atomic E-state index is -3.65. The highest BCUT2D eigenvalue weighted by Crippen LogP contribution is 2.26. The molecule has 26 heavy (non-hydrogen) atoms. The predicted molar refractivity (Wildman–Crippen MR) is 98.6 cm³/mol. The molecule has 0 fully saturated rings. The molecule has 0 aliphatic heterocycles. The molecule has 1 aromatic carbocycles. The lowest BCUT2D eigenvalue weighted by molar-refractivity contribution is -0.119. The zero-order valence-electron chi connectivity index (χ0n) is 15.4. The first-order valence-electron chi connectivity index (χ1n) is 8.34. The number of aryl methyl sites for hydroxylation is 1. The second kappa shape index (κ2) is 8.35. The van der Waals surface area contributed by atoms with Crippen LogP contribution in [0.25, 0.3) is 11.5 Å². The van der Waals surface area contributed by atoms with Crippen LogP contribution in [0.3, 0.4) is 0 Å². The summed E-state index contributed by atoms with van der Waals surface area (Å²) < 4.78 is 35.4.